The Balaban J connectivity index is 2.38. The van der Waals surface area contributed by atoms with E-state index in [2.05, 4.69) is 15.6 Å². The molecule has 0 amide bonds. The topological polar surface area (TPSA) is 65.9 Å². The zero-order valence-electron chi connectivity index (χ0n) is 12.3. The maximum Gasteiger partial charge on any atom is 0.191 e. The van der Waals surface area contributed by atoms with Crippen LogP contribution in [0.15, 0.2) is 35.3 Å². The van der Waals surface area contributed by atoms with Gasteiger partial charge in [0.05, 0.1) is 6.61 Å². The van der Waals surface area contributed by atoms with Crippen molar-refractivity contribution in [3.05, 3.63) is 35.9 Å². The number of methoxy groups -OCH3 is 1. The summed E-state index contributed by atoms with van der Waals surface area (Å²) in [7, 11) is 3.43. The Hall–Kier alpha value is -1.59. The molecule has 0 bridgehead atoms. The molecule has 0 fully saturated rings. The van der Waals surface area contributed by atoms with Gasteiger partial charge in [-0.25, -0.2) is 0 Å². The van der Waals surface area contributed by atoms with Crippen LogP contribution in [0.3, 0.4) is 0 Å². The maximum atomic E-state index is 9.49. The van der Waals surface area contributed by atoms with Crippen LogP contribution in [0, 0.1) is 0 Å². The smallest absolute Gasteiger partial charge is 0.191 e. The molecule has 0 aromatic heterocycles. The zero-order valence-corrected chi connectivity index (χ0v) is 12.3. The van der Waals surface area contributed by atoms with Crippen LogP contribution in [0.4, 0.5) is 0 Å². The highest BCUT2D eigenvalue weighted by Crippen LogP contribution is 2.13. The quantitative estimate of drug-likeness (QED) is 0.377. The van der Waals surface area contributed by atoms with Gasteiger partial charge in [0.2, 0.25) is 0 Å². The molecule has 112 valence electrons. The molecule has 0 aliphatic carbocycles. The van der Waals surface area contributed by atoms with E-state index < -0.39 is 0 Å². The molecule has 0 radical (unpaired) electrons. The van der Waals surface area contributed by atoms with Crippen molar-refractivity contribution in [1.29, 1.82) is 0 Å². The molecule has 0 saturated carbocycles. The van der Waals surface area contributed by atoms with Gasteiger partial charge < -0.3 is 20.5 Å². The molecule has 1 aromatic rings. The maximum absolute atomic E-state index is 9.49. The third-order valence-corrected chi connectivity index (χ3v) is 3.05. The number of aliphatic imine (C=N–C) groups is 1. The summed E-state index contributed by atoms with van der Waals surface area (Å²) in [5, 5.41) is 15.9. The van der Waals surface area contributed by atoms with Crippen molar-refractivity contribution in [3.8, 4) is 0 Å². The van der Waals surface area contributed by atoms with E-state index in [-0.39, 0.29) is 12.5 Å². The first-order valence-corrected chi connectivity index (χ1v) is 6.91. The van der Waals surface area contributed by atoms with Crippen LogP contribution in [0.5, 0.6) is 0 Å². The van der Waals surface area contributed by atoms with Crippen molar-refractivity contribution in [2.75, 3.05) is 40.5 Å². The molecule has 0 spiro atoms. The number of aliphatic hydroxyl groups excluding tert-OH is 1. The van der Waals surface area contributed by atoms with Gasteiger partial charge in [-0.1, -0.05) is 30.3 Å². The molecule has 5 nitrogen and oxygen atoms in total. The van der Waals surface area contributed by atoms with E-state index in [0.29, 0.717) is 6.54 Å². The Morgan fingerprint density at radius 2 is 2.05 bits per heavy atom. The van der Waals surface area contributed by atoms with E-state index in [0.717, 1.165) is 31.1 Å². The molecule has 0 aliphatic heterocycles. The minimum absolute atomic E-state index is 0.0636. The lowest BCUT2D eigenvalue weighted by Gasteiger charge is -2.18. The first-order valence-electron chi connectivity index (χ1n) is 6.91. The fraction of sp³-hybridized carbons (Fsp3) is 0.533. The third kappa shape index (κ3) is 6.04. The number of ether oxygens (including phenoxy) is 1. The van der Waals surface area contributed by atoms with Crippen molar-refractivity contribution >= 4 is 5.96 Å². The summed E-state index contributed by atoms with van der Waals surface area (Å²) < 4.78 is 5.00. The average Bonchev–Trinajstić information content (AvgIpc) is 2.51. The normalized spacial score (nSPS) is 13.1. The summed E-state index contributed by atoms with van der Waals surface area (Å²) in [5.41, 5.74) is 1.12. The summed E-state index contributed by atoms with van der Waals surface area (Å²) >= 11 is 0. The predicted molar refractivity (Wildman–Crippen MR) is 82.1 cm³/mol. The minimum atomic E-state index is 0.0636. The standard InChI is InChI=1S/C15H25N3O2/c1-16-15(17-9-6-10-20-2)18-11-14(12-19)13-7-4-3-5-8-13/h3-5,7-8,14,19H,6,9-12H2,1-2H3,(H2,16,17,18). The second-order valence-electron chi connectivity index (χ2n) is 4.52. The van der Waals surface area contributed by atoms with E-state index >= 15 is 0 Å². The largest absolute Gasteiger partial charge is 0.396 e. The van der Waals surface area contributed by atoms with Crippen molar-refractivity contribution in [1.82, 2.24) is 10.6 Å². The summed E-state index contributed by atoms with van der Waals surface area (Å²) in [6.45, 7) is 2.29. The second kappa shape index (κ2) is 10.2. The zero-order chi connectivity index (χ0) is 14.6. The number of aliphatic hydroxyl groups is 1. The SMILES string of the molecule is CN=C(NCCCOC)NCC(CO)c1ccccc1. The third-order valence-electron chi connectivity index (χ3n) is 3.05. The van der Waals surface area contributed by atoms with Crippen molar-refractivity contribution < 1.29 is 9.84 Å². The molecule has 20 heavy (non-hydrogen) atoms. The predicted octanol–water partition coefficient (Wildman–Crippen LogP) is 0.964. The van der Waals surface area contributed by atoms with Gasteiger partial charge in [-0.15, -0.1) is 0 Å². The van der Waals surface area contributed by atoms with Gasteiger partial charge in [0, 0.05) is 39.8 Å². The van der Waals surface area contributed by atoms with E-state index in [4.69, 9.17) is 4.74 Å². The highest BCUT2D eigenvalue weighted by Gasteiger charge is 2.10. The first-order chi connectivity index (χ1) is 9.81. The summed E-state index contributed by atoms with van der Waals surface area (Å²) in [6, 6.07) is 9.99. The Morgan fingerprint density at radius 1 is 1.30 bits per heavy atom. The van der Waals surface area contributed by atoms with Gasteiger partial charge >= 0.3 is 0 Å². The number of hydrogen-bond acceptors (Lipinski definition) is 3. The van der Waals surface area contributed by atoms with Crippen molar-refractivity contribution in [3.63, 3.8) is 0 Å². The molecular weight excluding hydrogens is 254 g/mol. The Kier molecular flexibility index (Phi) is 8.42. The van der Waals surface area contributed by atoms with Crippen LogP contribution in [0.25, 0.3) is 0 Å². The average molecular weight is 279 g/mol. The van der Waals surface area contributed by atoms with Crippen LogP contribution in [-0.2, 0) is 4.74 Å². The summed E-state index contributed by atoms with van der Waals surface area (Å²) in [4.78, 5) is 4.16. The number of nitrogens with one attached hydrogen (secondary N) is 2. The second-order valence-corrected chi connectivity index (χ2v) is 4.52. The monoisotopic (exact) mass is 279 g/mol. The van der Waals surface area contributed by atoms with Gasteiger partial charge in [0.15, 0.2) is 5.96 Å². The molecule has 3 N–H and O–H groups in total. The number of nitrogens with zero attached hydrogens (tertiary/aromatic N) is 1. The van der Waals surface area contributed by atoms with Crippen LogP contribution in [0.2, 0.25) is 0 Å². The lowest BCUT2D eigenvalue weighted by Crippen LogP contribution is -2.40. The Labute approximate surface area is 121 Å². The molecule has 0 aliphatic rings. The molecule has 1 aromatic carbocycles. The van der Waals surface area contributed by atoms with Crippen LogP contribution in [-0.4, -0.2) is 51.5 Å². The van der Waals surface area contributed by atoms with E-state index in [1.165, 1.54) is 0 Å². The molecule has 0 heterocycles. The molecule has 1 rings (SSSR count). The van der Waals surface area contributed by atoms with E-state index in [1.54, 1.807) is 14.2 Å². The number of hydrogen-bond donors (Lipinski definition) is 3. The van der Waals surface area contributed by atoms with Crippen LogP contribution in [0.1, 0.15) is 17.9 Å². The molecule has 0 saturated heterocycles. The lowest BCUT2D eigenvalue weighted by atomic mass is 10.0. The fourth-order valence-corrected chi connectivity index (χ4v) is 1.88. The molecular formula is C15H25N3O2. The number of guanidine groups is 1. The number of rotatable bonds is 8. The summed E-state index contributed by atoms with van der Waals surface area (Å²) in [6.07, 6.45) is 0.930. The summed E-state index contributed by atoms with van der Waals surface area (Å²) in [5.74, 6) is 0.809. The lowest BCUT2D eigenvalue weighted by molar-refractivity contribution is 0.195. The molecule has 1 unspecified atom stereocenters. The Morgan fingerprint density at radius 3 is 2.65 bits per heavy atom. The highest BCUT2D eigenvalue weighted by molar-refractivity contribution is 5.79. The van der Waals surface area contributed by atoms with Crippen LogP contribution >= 0.6 is 0 Å². The number of benzene rings is 1. The van der Waals surface area contributed by atoms with Crippen molar-refractivity contribution in [2.45, 2.75) is 12.3 Å². The van der Waals surface area contributed by atoms with Gasteiger partial charge in [-0.2, -0.15) is 0 Å². The van der Waals surface area contributed by atoms with Crippen LogP contribution < -0.4 is 10.6 Å². The fourth-order valence-electron chi connectivity index (χ4n) is 1.88. The van der Waals surface area contributed by atoms with Gasteiger partial charge in [-0.3, -0.25) is 4.99 Å². The van der Waals surface area contributed by atoms with Gasteiger partial charge in [-0.05, 0) is 12.0 Å². The van der Waals surface area contributed by atoms with Crippen molar-refractivity contribution in [2.24, 2.45) is 4.99 Å². The van der Waals surface area contributed by atoms with E-state index in [1.807, 2.05) is 30.3 Å². The van der Waals surface area contributed by atoms with E-state index in [9.17, 15) is 5.11 Å². The molecule has 5 heteroatoms. The Bertz CT molecular complexity index is 382. The first kappa shape index (κ1) is 16.5. The molecule has 1 atom stereocenters. The van der Waals surface area contributed by atoms with Gasteiger partial charge in [0.1, 0.15) is 0 Å². The highest BCUT2D eigenvalue weighted by atomic mass is 16.5. The van der Waals surface area contributed by atoms with Gasteiger partial charge in [0.25, 0.3) is 0 Å². The minimum Gasteiger partial charge on any atom is -0.396 e.